The smallest absolute Gasteiger partial charge is 0.119 e. The summed E-state index contributed by atoms with van der Waals surface area (Å²) in [6.07, 6.45) is 10.7. The first-order chi connectivity index (χ1) is 14.1. The third kappa shape index (κ3) is 2.41. The molecular formula is C28H40O2. The first-order valence-electron chi connectivity index (χ1n) is 12.1. The van der Waals surface area contributed by atoms with Crippen LogP contribution in [0.2, 0.25) is 0 Å². The highest BCUT2D eigenvalue weighted by Gasteiger charge is 2.65. The lowest BCUT2D eigenvalue weighted by atomic mass is 9.35. The molecule has 0 spiro atoms. The summed E-state index contributed by atoms with van der Waals surface area (Å²) in [5.41, 5.74) is 5.42. The maximum Gasteiger partial charge on any atom is 0.119 e. The molecule has 0 radical (unpaired) electrons. The number of hydrogen-bond acceptors (Lipinski definition) is 2. The number of aliphatic hydroxyl groups excluding tert-OH is 1. The van der Waals surface area contributed by atoms with Crippen LogP contribution in [0.15, 0.2) is 24.3 Å². The fraction of sp³-hybridized carbons (Fsp3) is 0.714. The molecule has 2 saturated carbocycles. The van der Waals surface area contributed by atoms with Gasteiger partial charge in [0, 0.05) is 0 Å². The third-order valence-electron chi connectivity index (χ3n) is 10.9. The van der Waals surface area contributed by atoms with E-state index < -0.39 is 0 Å². The second kappa shape index (κ2) is 6.37. The van der Waals surface area contributed by atoms with Crippen molar-refractivity contribution in [2.75, 3.05) is 7.11 Å². The zero-order valence-corrected chi connectivity index (χ0v) is 19.8. The average molecular weight is 409 g/mol. The highest BCUT2D eigenvalue weighted by atomic mass is 16.5. The van der Waals surface area contributed by atoms with Crippen LogP contribution >= 0.6 is 0 Å². The molecule has 0 aromatic heterocycles. The number of aryl methyl sites for hydroxylation is 1. The Kier molecular flexibility index (Phi) is 4.38. The Morgan fingerprint density at radius 3 is 2.47 bits per heavy atom. The molecule has 0 unspecified atom stereocenters. The fourth-order valence-corrected chi connectivity index (χ4v) is 8.88. The van der Waals surface area contributed by atoms with Crippen LogP contribution in [0.5, 0.6) is 5.75 Å². The molecule has 0 heterocycles. The summed E-state index contributed by atoms with van der Waals surface area (Å²) in [4.78, 5) is 0. The molecule has 4 aliphatic carbocycles. The van der Waals surface area contributed by atoms with Gasteiger partial charge in [-0.2, -0.15) is 0 Å². The van der Waals surface area contributed by atoms with Gasteiger partial charge in [0.05, 0.1) is 13.2 Å². The van der Waals surface area contributed by atoms with Gasteiger partial charge in [0.25, 0.3) is 0 Å². The molecule has 2 fully saturated rings. The van der Waals surface area contributed by atoms with E-state index in [0.717, 1.165) is 18.6 Å². The molecule has 0 aliphatic heterocycles. The monoisotopic (exact) mass is 408 g/mol. The maximum absolute atomic E-state index is 10.8. The number of hydrogen-bond donors (Lipinski definition) is 1. The quantitative estimate of drug-likeness (QED) is 0.563. The zero-order valence-electron chi connectivity index (χ0n) is 19.8. The normalized spacial score (nSPS) is 44.1. The fourth-order valence-electron chi connectivity index (χ4n) is 8.88. The van der Waals surface area contributed by atoms with Crippen molar-refractivity contribution in [2.45, 2.75) is 85.7 Å². The van der Waals surface area contributed by atoms with Gasteiger partial charge in [0.2, 0.25) is 0 Å². The van der Waals surface area contributed by atoms with Crippen LogP contribution in [0.25, 0.3) is 5.57 Å². The van der Waals surface area contributed by atoms with Gasteiger partial charge in [-0.15, -0.1) is 0 Å². The predicted octanol–water partition coefficient (Wildman–Crippen LogP) is 6.65. The van der Waals surface area contributed by atoms with Gasteiger partial charge < -0.3 is 9.84 Å². The predicted molar refractivity (Wildman–Crippen MR) is 123 cm³/mol. The summed E-state index contributed by atoms with van der Waals surface area (Å²) in [7, 11) is 1.77. The van der Waals surface area contributed by atoms with E-state index in [1.807, 2.05) is 0 Å². The lowest BCUT2D eigenvalue weighted by molar-refractivity contribution is -0.191. The molecule has 2 nitrogen and oxygen atoms in total. The van der Waals surface area contributed by atoms with Crippen LogP contribution in [0.3, 0.4) is 0 Å². The Hall–Kier alpha value is -1.28. The Bertz CT molecular complexity index is 898. The Balaban J connectivity index is 1.60. The molecule has 4 aliphatic rings. The summed E-state index contributed by atoms with van der Waals surface area (Å²) in [5, 5.41) is 10.8. The second-order valence-corrected chi connectivity index (χ2v) is 12.2. The Morgan fingerprint density at radius 1 is 0.967 bits per heavy atom. The van der Waals surface area contributed by atoms with Gasteiger partial charge in [-0.3, -0.25) is 0 Å². The van der Waals surface area contributed by atoms with E-state index in [2.05, 4.69) is 58.9 Å². The standard InChI is InChI=1S/C28H40O2/c1-25(2)22-12-16-28(5)23(26(22,3)14-13-24(25)29)10-9-21-20-8-7-19(30-6)17-18(20)11-15-27(21,28)4/h7-9,17,22-24,29H,10-16H2,1-6H3/t22-,23+,24-,26-,27+,28+/m0/s1. The average Bonchev–Trinajstić information content (AvgIpc) is 2.71. The molecule has 1 aromatic rings. The van der Waals surface area contributed by atoms with Crippen LogP contribution in [-0.2, 0) is 6.42 Å². The number of benzene rings is 1. The highest BCUT2D eigenvalue weighted by molar-refractivity contribution is 5.76. The van der Waals surface area contributed by atoms with Crippen molar-refractivity contribution >= 4 is 5.57 Å². The van der Waals surface area contributed by atoms with Gasteiger partial charge in [0.1, 0.15) is 5.75 Å². The minimum atomic E-state index is -0.151. The first kappa shape index (κ1) is 20.6. The van der Waals surface area contributed by atoms with E-state index in [1.54, 1.807) is 12.7 Å². The molecular weight excluding hydrogens is 368 g/mol. The van der Waals surface area contributed by atoms with E-state index in [0.29, 0.717) is 22.7 Å². The van der Waals surface area contributed by atoms with Crippen LogP contribution < -0.4 is 4.74 Å². The lowest BCUT2D eigenvalue weighted by Gasteiger charge is -2.69. The van der Waals surface area contributed by atoms with Gasteiger partial charge in [-0.25, -0.2) is 0 Å². The molecule has 6 atom stereocenters. The minimum absolute atomic E-state index is 0.0228. The molecule has 1 N–H and O–H groups in total. The topological polar surface area (TPSA) is 29.5 Å². The lowest BCUT2D eigenvalue weighted by Crippen LogP contribution is -2.62. The van der Waals surface area contributed by atoms with Crippen molar-refractivity contribution in [1.29, 1.82) is 0 Å². The summed E-state index contributed by atoms with van der Waals surface area (Å²) in [5.74, 6) is 2.29. The molecule has 0 bridgehead atoms. The second-order valence-electron chi connectivity index (χ2n) is 12.2. The number of rotatable bonds is 1. The van der Waals surface area contributed by atoms with Crippen molar-refractivity contribution in [3.63, 3.8) is 0 Å². The summed E-state index contributed by atoms with van der Waals surface area (Å²) in [6, 6.07) is 6.71. The summed E-state index contributed by atoms with van der Waals surface area (Å²) in [6.45, 7) is 12.4. The molecule has 30 heavy (non-hydrogen) atoms. The molecule has 0 saturated heterocycles. The van der Waals surface area contributed by atoms with E-state index >= 15 is 0 Å². The van der Waals surface area contributed by atoms with E-state index in [4.69, 9.17) is 4.74 Å². The highest BCUT2D eigenvalue weighted by Crippen LogP contribution is 2.73. The van der Waals surface area contributed by atoms with E-state index in [9.17, 15) is 5.11 Å². The number of fused-ring (bicyclic) bond motifs is 7. The number of methoxy groups -OCH3 is 1. The van der Waals surface area contributed by atoms with Crippen molar-refractivity contribution in [3.8, 4) is 5.75 Å². The van der Waals surface area contributed by atoms with E-state index in [1.165, 1.54) is 43.2 Å². The van der Waals surface area contributed by atoms with Crippen LogP contribution in [0, 0.1) is 33.5 Å². The summed E-state index contributed by atoms with van der Waals surface area (Å²) >= 11 is 0. The van der Waals surface area contributed by atoms with Gasteiger partial charge in [0.15, 0.2) is 0 Å². The van der Waals surface area contributed by atoms with Crippen LogP contribution in [0.4, 0.5) is 0 Å². The Labute approximate surface area is 183 Å². The zero-order chi connectivity index (χ0) is 21.5. The van der Waals surface area contributed by atoms with Crippen molar-refractivity contribution < 1.29 is 9.84 Å². The minimum Gasteiger partial charge on any atom is -0.497 e. The van der Waals surface area contributed by atoms with Crippen molar-refractivity contribution in [3.05, 3.63) is 35.4 Å². The molecule has 0 amide bonds. The molecule has 5 rings (SSSR count). The largest absolute Gasteiger partial charge is 0.497 e. The molecule has 2 heteroatoms. The van der Waals surface area contributed by atoms with Gasteiger partial charge in [-0.1, -0.05) is 46.8 Å². The molecule has 1 aromatic carbocycles. The Morgan fingerprint density at radius 2 is 1.73 bits per heavy atom. The first-order valence-corrected chi connectivity index (χ1v) is 12.1. The third-order valence-corrected chi connectivity index (χ3v) is 10.9. The maximum atomic E-state index is 10.8. The van der Waals surface area contributed by atoms with Crippen LogP contribution in [0.1, 0.15) is 84.3 Å². The number of aliphatic hydroxyl groups is 1. The number of ether oxygens (including phenoxy) is 1. The summed E-state index contributed by atoms with van der Waals surface area (Å²) < 4.78 is 5.51. The van der Waals surface area contributed by atoms with E-state index in [-0.39, 0.29) is 16.9 Å². The SMILES string of the molecule is COc1ccc2c(c1)CC[C@]1(C)C2=CC[C@@H]2[C@@]3(C)CC[C@H](O)C(C)(C)[C@@H]3CC[C@]21C. The van der Waals surface area contributed by atoms with Crippen LogP contribution in [-0.4, -0.2) is 18.3 Å². The molecule has 164 valence electrons. The van der Waals surface area contributed by atoms with Gasteiger partial charge in [-0.05, 0) is 107 Å². The number of allylic oxidation sites excluding steroid dienone is 2. The van der Waals surface area contributed by atoms with Crippen molar-refractivity contribution in [2.24, 2.45) is 33.5 Å². The van der Waals surface area contributed by atoms with Gasteiger partial charge >= 0.3 is 0 Å². The van der Waals surface area contributed by atoms with Crippen molar-refractivity contribution in [1.82, 2.24) is 0 Å².